The first-order valence-electron chi connectivity index (χ1n) is 5.18. The molecule has 0 atom stereocenters. The normalized spacial score (nSPS) is 11.7. The first-order chi connectivity index (χ1) is 8.36. The summed E-state index contributed by atoms with van der Waals surface area (Å²) in [6, 6.07) is 0. The van der Waals surface area contributed by atoms with Crippen LogP contribution in [-0.4, -0.2) is 36.3 Å². The SMILES string of the molecule is CCOCCCn1cc(S(N)(=O)=O)c([N+](=O)[O-])n1. The average molecular weight is 278 g/mol. The van der Waals surface area contributed by atoms with Crippen LogP contribution in [0.3, 0.4) is 0 Å². The summed E-state index contributed by atoms with van der Waals surface area (Å²) in [4.78, 5) is 9.19. The highest BCUT2D eigenvalue weighted by molar-refractivity contribution is 7.89. The highest BCUT2D eigenvalue weighted by Gasteiger charge is 2.28. The molecule has 102 valence electrons. The van der Waals surface area contributed by atoms with Crippen LogP contribution in [-0.2, 0) is 21.3 Å². The van der Waals surface area contributed by atoms with Gasteiger partial charge in [-0.1, -0.05) is 0 Å². The number of aryl methyl sites for hydroxylation is 1. The Morgan fingerprint density at radius 2 is 2.28 bits per heavy atom. The molecule has 0 fully saturated rings. The number of primary sulfonamides is 1. The molecule has 0 radical (unpaired) electrons. The van der Waals surface area contributed by atoms with E-state index < -0.39 is 25.7 Å². The molecule has 0 aliphatic rings. The third-order valence-corrected chi connectivity index (χ3v) is 2.97. The van der Waals surface area contributed by atoms with Gasteiger partial charge in [-0.2, -0.15) is 4.68 Å². The van der Waals surface area contributed by atoms with E-state index in [9.17, 15) is 18.5 Å². The lowest BCUT2D eigenvalue weighted by Crippen LogP contribution is -2.13. The Bertz CT molecular complexity index is 524. The number of rotatable bonds is 7. The summed E-state index contributed by atoms with van der Waals surface area (Å²) in [5.74, 6) is -0.756. The molecule has 1 aromatic heterocycles. The van der Waals surface area contributed by atoms with Crippen LogP contribution in [0.25, 0.3) is 0 Å². The number of hydrogen-bond donors (Lipinski definition) is 1. The number of nitrogens with two attached hydrogens (primary N) is 1. The minimum Gasteiger partial charge on any atom is -0.382 e. The summed E-state index contributed by atoms with van der Waals surface area (Å²) in [5, 5.41) is 19.1. The van der Waals surface area contributed by atoms with Crippen LogP contribution in [0, 0.1) is 10.1 Å². The minimum atomic E-state index is -4.15. The standard InChI is InChI=1S/C8H14N4O5S/c1-2-17-5-3-4-11-6-7(18(9,15)16)8(10-11)12(13)14/h6H,2-5H2,1H3,(H2,9,15,16). The predicted molar refractivity (Wildman–Crippen MR) is 61.4 cm³/mol. The Hall–Kier alpha value is -1.52. The van der Waals surface area contributed by atoms with Gasteiger partial charge in [-0.05, 0) is 18.3 Å². The van der Waals surface area contributed by atoms with Gasteiger partial charge in [-0.15, -0.1) is 0 Å². The lowest BCUT2D eigenvalue weighted by Gasteiger charge is -1.98. The molecule has 1 rings (SSSR count). The minimum absolute atomic E-state index is 0.316. The first kappa shape index (κ1) is 14.5. The van der Waals surface area contributed by atoms with Gasteiger partial charge in [0.25, 0.3) is 0 Å². The molecule has 0 bridgehead atoms. The van der Waals surface area contributed by atoms with Gasteiger partial charge in [0.15, 0.2) is 0 Å². The van der Waals surface area contributed by atoms with E-state index in [1.807, 2.05) is 6.92 Å². The lowest BCUT2D eigenvalue weighted by atomic mass is 10.4. The van der Waals surface area contributed by atoms with Gasteiger partial charge < -0.3 is 14.9 Å². The van der Waals surface area contributed by atoms with Crippen molar-refractivity contribution in [3.05, 3.63) is 16.3 Å². The monoisotopic (exact) mass is 278 g/mol. The summed E-state index contributed by atoms with van der Waals surface area (Å²) < 4.78 is 28.6. The van der Waals surface area contributed by atoms with Crippen LogP contribution in [0.15, 0.2) is 11.1 Å². The molecule has 1 heterocycles. The van der Waals surface area contributed by atoms with E-state index >= 15 is 0 Å². The molecule has 2 N–H and O–H groups in total. The molecule has 18 heavy (non-hydrogen) atoms. The van der Waals surface area contributed by atoms with Crippen LogP contribution >= 0.6 is 0 Å². The molecule has 10 heteroatoms. The van der Waals surface area contributed by atoms with Crippen molar-refractivity contribution in [3.8, 4) is 0 Å². The number of ether oxygens (including phenoxy) is 1. The Morgan fingerprint density at radius 3 is 2.72 bits per heavy atom. The largest absolute Gasteiger partial charge is 0.410 e. The van der Waals surface area contributed by atoms with Crippen molar-refractivity contribution in [1.82, 2.24) is 9.78 Å². The van der Waals surface area contributed by atoms with Gasteiger partial charge in [0.05, 0.1) is 17.8 Å². The first-order valence-corrected chi connectivity index (χ1v) is 6.73. The van der Waals surface area contributed by atoms with E-state index in [1.165, 1.54) is 4.68 Å². The molecular formula is C8H14N4O5S. The zero-order valence-electron chi connectivity index (χ0n) is 9.77. The van der Waals surface area contributed by atoms with Crippen molar-refractivity contribution >= 4 is 15.8 Å². The number of aromatic nitrogens is 2. The second kappa shape index (κ2) is 5.89. The van der Waals surface area contributed by atoms with Gasteiger partial charge >= 0.3 is 5.82 Å². The second-order valence-electron chi connectivity index (χ2n) is 3.43. The number of sulfonamides is 1. The van der Waals surface area contributed by atoms with Gasteiger partial charge in [0.2, 0.25) is 14.9 Å². The van der Waals surface area contributed by atoms with Gasteiger partial charge in [0, 0.05) is 13.2 Å². The van der Waals surface area contributed by atoms with Crippen molar-refractivity contribution in [2.75, 3.05) is 13.2 Å². The third-order valence-electron chi connectivity index (χ3n) is 2.07. The molecule has 1 aromatic rings. The van der Waals surface area contributed by atoms with Gasteiger partial charge in [-0.25, -0.2) is 13.6 Å². The highest BCUT2D eigenvalue weighted by Crippen LogP contribution is 2.20. The number of nitro groups is 1. The third kappa shape index (κ3) is 3.75. The molecule has 9 nitrogen and oxygen atoms in total. The van der Waals surface area contributed by atoms with E-state index in [-0.39, 0.29) is 0 Å². The second-order valence-corrected chi connectivity index (χ2v) is 4.96. The fourth-order valence-electron chi connectivity index (χ4n) is 1.31. The average Bonchev–Trinajstić information content (AvgIpc) is 2.68. The maximum Gasteiger partial charge on any atom is 0.410 e. The van der Waals surface area contributed by atoms with Crippen LogP contribution in [0.1, 0.15) is 13.3 Å². The fourth-order valence-corrected chi connectivity index (χ4v) is 1.95. The highest BCUT2D eigenvalue weighted by atomic mass is 32.2. The quantitative estimate of drug-likeness (QED) is 0.420. The van der Waals surface area contributed by atoms with Crippen molar-refractivity contribution in [2.24, 2.45) is 5.14 Å². The van der Waals surface area contributed by atoms with Gasteiger partial charge in [-0.3, -0.25) is 0 Å². The van der Waals surface area contributed by atoms with Crippen LogP contribution in [0.4, 0.5) is 5.82 Å². The Kier molecular flexibility index (Phi) is 4.76. The molecule has 0 aliphatic heterocycles. The van der Waals surface area contributed by atoms with Crippen molar-refractivity contribution in [3.63, 3.8) is 0 Å². The smallest absolute Gasteiger partial charge is 0.382 e. The summed E-state index contributed by atoms with van der Waals surface area (Å²) >= 11 is 0. The van der Waals surface area contributed by atoms with E-state index in [0.29, 0.717) is 26.2 Å². The van der Waals surface area contributed by atoms with Gasteiger partial charge in [0.1, 0.15) is 0 Å². The van der Waals surface area contributed by atoms with E-state index in [0.717, 1.165) is 6.20 Å². The van der Waals surface area contributed by atoms with Crippen molar-refractivity contribution in [1.29, 1.82) is 0 Å². The summed E-state index contributed by atoms with van der Waals surface area (Å²) in [6.07, 6.45) is 1.62. The maximum atomic E-state index is 11.1. The molecule has 0 aliphatic carbocycles. The van der Waals surface area contributed by atoms with Crippen molar-refractivity contribution in [2.45, 2.75) is 24.8 Å². The van der Waals surface area contributed by atoms with E-state index in [1.54, 1.807) is 0 Å². The zero-order valence-corrected chi connectivity index (χ0v) is 10.6. The molecular weight excluding hydrogens is 264 g/mol. The predicted octanol–water partition coefficient (Wildman–Crippen LogP) is -0.135. The van der Waals surface area contributed by atoms with Crippen LogP contribution in [0.5, 0.6) is 0 Å². The van der Waals surface area contributed by atoms with E-state index in [4.69, 9.17) is 9.88 Å². The lowest BCUT2D eigenvalue weighted by molar-refractivity contribution is -0.392. The molecule has 0 unspecified atom stereocenters. The Balaban J connectivity index is 2.87. The molecule has 0 spiro atoms. The zero-order chi connectivity index (χ0) is 13.8. The topological polar surface area (TPSA) is 130 Å². The summed E-state index contributed by atoms with van der Waals surface area (Å²) in [7, 11) is -4.15. The number of nitrogens with zero attached hydrogens (tertiary/aromatic N) is 3. The van der Waals surface area contributed by atoms with Crippen molar-refractivity contribution < 1.29 is 18.1 Å². The molecule has 0 amide bonds. The molecule has 0 saturated heterocycles. The molecule has 0 aromatic carbocycles. The number of hydrogen-bond acceptors (Lipinski definition) is 6. The summed E-state index contributed by atoms with van der Waals surface area (Å²) in [5.41, 5.74) is 0. The summed E-state index contributed by atoms with van der Waals surface area (Å²) in [6.45, 7) is 3.20. The Morgan fingerprint density at radius 1 is 1.61 bits per heavy atom. The van der Waals surface area contributed by atoms with E-state index in [2.05, 4.69) is 5.10 Å². The van der Waals surface area contributed by atoms with Crippen LogP contribution < -0.4 is 5.14 Å². The van der Waals surface area contributed by atoms with Crippen LogP contribution in [0.2, 0.25) is 0 Å². The Labute approximate surface area is 104 Å². The maximum absolute atomic E-state index is 11.1. The fraction of sp³-hybridized carbons (Fsp3) is 0.625. The molecule has 0 saturated carbocycles.